The highest BCUT2D eigenvalue weighted by Crippen LogP contribution is 2.21. The number of benzene rings is 2. The first-order valence-corrected chi connectivity index (χ1v) is 8.72. The minimum absolute atomic E-state index is 0.00927. The molecule has 2 aromatic rings. The van der Waals surface area contributed by atoms with Crippen LogP contribution in [0.15, 0.2) is 48.5 Å². The first-order valence-electron chi connectivity index (χ1n) is 8.72. The van der Waals surface area contributed by atoms with Gasteiger partial charge in [0.25, 0.3) is 0 Å². The standard InChI is InChI=1S/C20H25N3O2/c1-15(23-12-10-16-4-2-3-5-17(16)14-23)20(24)22-18-6-8-19(9-7-18)25-13-11-21/h2-9,15H,10-14,21H2,1H3,(H,22,24). The third-order valence-electron chi connectivity index (χ3n) is 4.60. The summed E-state index contributed by atoms with van der Waals surface area (Å²) < 4.78 is 5.45. The number of nitrogens with one attached hydrogen (secondary N) is 1. The van der Waals surface area contributed by atoms with E-state index >= 15 is 0 Å². The van der Waals surface area contributed by atoms with Crippen LogP contribution >= 0.6 is 0 Å². The van der Waals surface area contributed by atoms with Crippen molar-refractivity contribution in [2.45, 2.75) is 25.9 Å². The average Bonchev–Trinajstić information content (AvgIpc) is 2.66. The van der Waals surface area contributed by atoms with Crippen LogP contribution in [0.25, 0.3) is 0 Å². The summed E-state index contributed by atoms with van der Waals surface area (Å²) in [4.78, 5) is 14.8. The van der Waals surface area contributed by atoms with Gasteiger partial charge in [-0.1, -0.05) is 24.3 Å². The lowest BCUT2D eigenvalue weighted by atomic mass is 9.99. The van der Waals surface area contributed by atoms with E-state index in [4.69, 9.17) is 10.5 Å². The van der Waals surface area contributed by atoms with Crippen molar-refractivity contribution in [1.29, 1.82) is 0 Å². The minimum atomic E-state index is -0.179. The summed E-state index contributed by atoms with van der Waals surface area (Å²) in [6, 6.07) is 15.6. The molecule has 0 radical (unpaired) electrons. The molecule has 1 heterocycles. The lowest BCUT2D eigenvalue weighted by Crippen LogP contribution is -2.44. The normalized spacial score (nSPS) is 15.3. The second-order valence-electron chi connectivity index (χ2n) is 6.32. The van der Waals surface area contributed by atoms with Crippen molar-refractivity contribution in [2.24, 2.45) is 5.73 Å². The van der Waals surface area contributed by atoms with E-state index in [2.05, 4.69) is 34.5 Å². The highest BCUT2D eigenvalue weighted by molar-refractivity contribution is 5.94. The summed E-state index contributed by atoms with van der Waals surface area (Å²) in [5, 5.41) is 2.99. The number of amides is 1. The Hall–Kier alpha value is -2.37. The Balaban J connectivity index is 1.58. The molecule has 5 nitrogen and oxygen atoms in total. The molecule has 1 unspecified atom stereocenters. The molecule has 5 heteroatoms. The Morgan fingerprint density at radius 2 is 1.92 bits per heavy atom. The van der Waals surface area contributed by atoms with Crippen LogP contribution in [0.2, 0.25) is 0 Å². The van der Waals surface area contributed by atoms with E-state index in [9.17, 15) is 4.79 Å². The largest absolute Gasteiger partial charge is 0.492 e. The lowest BCUT2D eigenvalue weighted by molar-refractivity contribution is -0.121. The molecule has 0 aliphatic carbocycles. The third kappa shape index (κ3) is 4.38. The molecule has 0 saturated carbocycles. The summed E-state index contributed by atoms with van der Waals surface area (Å²) in [6.07, 6.45) is 0.987. The van der Waals surface area contributed by atoms with Crippen molar-refractivity contribution in [3.05, 3.63) is 59.7 Å². The summed E-state index contributed by atoms with van der Waals surface area (Å²) in [7, 11) is 0. The Morgan fingerprint density at radius 1 is 1.20 bits per heavy atom. The van der Waals surface area contributed by atoms with E-state index in [1.807, 2.05) is 31.2 Å². The fourth-order valence-corrected chi connectivity index (χ4v) is 3.07. The molecule has 1 atom stereocenters. The second kappa shape index (κ2) is 8.14. The summed E-state index contributed by atoms with van der Waals surface area (Å²) >= 11 is 0. The van der Waals surface area contributed by atoms with E-state index in [1.165, 1.54) is 11.1 Å². The van der Waals surface area contributed by atoms with E-state index in [0.29, 0.717) is 13.2 Å². The molecule has 1 amide bonds. The lowest BCUT2D eigenvalue weighted by Gasteiger charge is -2.32. The van der Waals surface area contributed by atoms with Gasteiger partial charge in [0.15, 0.2) is 0 Å². The smallest absolute Gasteiger partial charge is 0.241 e. The number of ether oxygens (including phenoxy) is 1. The molecule has 3 N–H and O–H groups in total. The highest BCUT2D eigenvalue weighted by atomic mass is 16.5. The molecule has 132 valence electrons. The number of nitrogens with zero attached hydrogens (tertiary/aromatic N) is 1. The monoisotopic (exact) mass is 339 g/mol. The number of carbonyl (C=O) groups is 1. The number of carbonyl (C=O) groups excluding carboxylic acids is 1. The maximum atomic E-state index is 12.6. The molecule has 0 fully saturated rings. The predicted molar refractivity (Wildman–Crippen MR) is 99.6 cm³/mol. The SMILES string of the molecule is CC(C(=O)Nc1ccc(OCCN)cc1)N1CCc2ccccc2C1. The van der Waals surface area contributed by atoms with Crippen molar-refractivity contribution in [2.75, 3.05) is 25.0 Å². The molecule has 0 aromatic heterocycles. The van der Waals surface area contributed by atoms with Gasteiger partial charge in [0.2, 0.25) is 5.91 Å². The van der Waals surface area contributed by atoms with Gasteiger partial charge in [0.1, 0.15) is 12.4 Å². The van der Waals surface area contributed by atoms with Crippen LogP contribution in [0.5, 0.6) is 5.75 Å². The van der Waals surface area contributed by atoms with Gasteiger partial charge in [0, 0.05) is 25.3 Å². The van der Waals surface area contributed by atoms with Gasteiger partial charge in [0.05, 0.1) is 6.04 Å². The number of hydrogen-bond donors (Lipinski definition) is 2. The maximum absolute atomic E-state index is 12.6. The van der Waals surface area contributed by atoms with Crippen LogP contribution in [-0.2, 0) is 17.8 Å². The second-order valence-corrected chi connectivity index (χ2v) is 6.32. The zero-order valence-electron chi connectivity index (χ0n) is 14.6. The Labute approximate surface area is 148 Å². The number of anilines is 1. The number of nitrogens with two attached hydrogens (primary N) is 1. The van der Waals surface area contributed by atoms with Gasteiger partial charge in [-0.15, -0.1) is 0 Å². The maximum Gasteiger partial charge on any atom is 0.241 e. The van der Waals surface area contributed by atoms with Crippen molar-refractivity contribution >= 4 is 11.6 Å². The molecule has 2 aromatic carbocycles. The van der Waals surface area contributed by atoms with Crippen LogP contribution in [0.1, 0.15) is 18.1 Å². The molecule has 1 aliphatic heterocycles. The van der Waals surface area contributed by atoms with Crippen molar-refractivity contribution < 1.29 is 9.53 Å². The average molecular weight is 339 g/mol. The summed E-state index contributed by atoms with van der Waals surface area (Å²) in [6.45, 7) is 4.64. The molecule has 0 spiro atoms. The summed E-state index contributed by atoms with van der Waals surface area (Å²) in [5.41, 5.74) is 8.90. The summed E-state index contributed by atoms with van der Waals surface area (Å²) in [5.74, 6) is 0.763. The quantitative estimate of drug-likeness (QED) is 0.848. The number of fused-ring (bicyclic) bond motifs is 1. The molecule has 25 heavy (non-hydrogen) atoms. The molecule has 0 saturated heterocycles. The van der Waals surface area contributed by atoms with Crippen molar-refractivity contribution in [3.63, 3.8) is 0 Å². The fourth-order valence-electron chi connectivity index (χ4n) is 3.07. The van der Waals surface area contributed by atoms with Crippen LogP contribution in [-0.4, -0.2) is 36.5 Å². The Kier molecular flexibility index (Phi) is 5.68. The Morgan fingerprint density at radius 3 is 2.64 bits per heavy atom. The zero-order chi connectivity index (χ0) is 17.6. The van der Waals surface area contributed by atoms with Gasteiger partial charge >= 0.3 is 0 Å². The minimum Gasteiger partial charge on any atom is -0.492 e. The van der Waals surface area contributed by atoms with Crippen LogP contribution in [0.3, 0.4) is 0 Å². The Bertz CT molecular complexity index is 715. The fraction of sp³-hybridized carbons (Fsp3) is 0.350. The van der Waals surface area contributed by atoms with E-state index < -0.39 is 0 Å². The van der Waals surface area contributed by atoms with Gasteiger partial charge in [-0.25, -0.2) is 0 Å². The van der Waals surface area contributed by atoms with E-state index in [1.54, 1.807) is 0 Å². The topological polar surface area (TPSA) is 67.6 Å². The molecular weight excluding hydrogens is 314 g/mol. The molecule has 3 rings (SSSR count). The van der Waals surface area contributed by atoms with Crippen LogP contribution < -0.4 is 15.8 Å². The predicted octanol–water partition coefficient (Wildman–Crippen LogP) is 2.41. The van der Waals surface area contributed by atoms with Crippen molar-refractivity contribution in [1.82, 2.24) is 4.90 Å². The molecule has 1 aliphatic rings. The van der Waals surface area contributed by atoms with E-state index in [-0.39, 0.29) is 11.9 Å². The number of hydrogen-bond acceptors (Lipinski definition) is 4. The van der Waals surface area contributed by atoms with Crippen LogP contribution in [0, 0.1) is 0 Å². The first kappa shape index (κ1) is 17.5. The van der Waals surface area contributed by atoms with Gasteiger partial charge < -0.3 is 15.8 Å². The van der Waals surface area contributed by atoms with Crippen LogP contribution in [0.4, 0.5) is 5.69 Å². The zero-order valence-corrected chi connectivity index (χ0v) is 14.6. The third-order valence-corrected chi connectivity index (χ3v) is 4.60. The number of rotatable bonds is 6. The first-order chi connectivity index (χ1) is 12.2. The molecular formula is C20H25N3O2. The highest BCUT2D eigenvalue weighted by Gasteiger charge is 2.25. The van der Waals surface area contributed by atoms with Gasteiger partial charge in [-0.3, -0.25) is 9.69 Å². The van der Waals surface area contributed by atoms with Gasteiger partial charge in [-0.2, -0.15) is 0 Å². The molecule has 0 bridgehead atoms. The van der Waals surface area contributed by atoms with Crippen molar-refractivity contribution in [3.8, 4) is 5.75 Å². The van der Waals surface area contributed by atoms with E-state index in [0.717, 1.165) is 30.9 Å². The van der Waals surface area contributed by atoms with Gasteiger partial charge in [-0.05, 0) is 48.7 Å².